The van der Waals surface area contributed by atoms with Gasteiger partial charge in [-0.25, -0.2) is 4.98 Å². The van der Waals surface area contributed by atoms with Gasteiger partial charge in [-0.2, -0.15) is 4.98 Å². The van der Waals surface area contributed by atoms with Crippen LogP contribution in [0.2, 0.25) is 0 Å². The number of aryl methyl sites for hydroxylation is 1. The fourth-order valence-electron chi connectivity index (χ4n) is 2.55. The minimum absolute atomic E-state index is 0.141. The number of hydrogen-bond acceptors (Lipinski definition) is 6. The standard InChI is InChI=1S/C15H20N4O2/c1-4-15(3)10-19(8-9-20-15)13-12(6-5-7-16-13)14-17-11(2)18-21-14/h5-7H,4,8-10H2,1-3H3. The summed E-state index contributed by atoms with van der Waals surface area (Å²) in [5.41, 5.74) is 0.732. The van der Waals surface area contributed by atoms with Crippen LogP contribution in [0.25, 0.3) is 11.5 Å². The predicted octanol–water partition coefficient (Wildman–Crippen LogP) is 2.45. The molecule has 21 heavy (non-hydrogen) atoms. The van der Waals surface area contributed by atoms with E-state index in [9.17, 15) is 0 Å². The first-order chi connectivity index (χ1) is 10.1. The number of pyridine rings is 1. The van der Waals surface area contributed by atoms with E-state index in [2.05, 4.69) is 33.9 Å². The molecule has 1 fully saturated rings. The number of anilines is 1. The third-order valence-electron chi connectivity index (χ3n) is 3.93. The Morgan fingerprint density at radius 1 is 1.43 bits per heavy atom. The van der Waals surface area contributed by atoms with Crippen molar-refractivity contribution >= 4 is 5.82 Å². The second-order valence-corrected chi connectivity index (χ2v) is 5.59. The molecule has 3 rings (SSSR count). The van der Waals surface area contributed by atoms with Crippen molar-refractivity contribution in [3.63, 3.8) is 0 Å². The van der Waals surface area contributed by atoms with E-state index in [0.29, 0.717) is 18.3 Å². The molecule has 3 heterocycles. The van der Waals surface area contributed by atoms with Gasteiger partial charge in [0.25, 0.3) is 5.89 Å². The van der Waals surface area contributed by atoms with E-state index in [1.165, 1.54) is 0 Å². The Labute approximate surface area is 124 Å². The Hall–Kier alpha value is -1.95. The van der Waals surface area contributed by atoms with E-state index < -0.39 is 0 Å². The maximum atomic E-state index is 5.90. The number of ether oxygens (including phenoxy) is 1. The quantitative estimate of drug-likeness (QED) is 0.864. The van der Waals surface area contributed by atoms with E-state index >= 15 is 0 Å². The maximum absolute atomic E-state index is 5.90. The molecule has 0 N–H and O–H groups in total. The van der Waals surface area contributed by atoms with E-state index in [4.69, 9.17) is 9.26 Å². The summed E-state index contributed by atoms with van der Waals surface area (Å²) in [6.07, 6.45) is 2.76. The normalized spacial score (nSPS) is 22.5. The van der Waals surface area contributed by atoms with Crippen molar-refractivity contribution in [3.05, 3.63) is 24.2 Å². The van der Waals surface area contributed by atoms with Gasteiger partial charge in [0, 0.05) is 19.3 Å². The molecular weight excluding hydrogens is 268 g/mol. The van der Waals surface area contributed by atoms with Crippen LogP contribution < -0.4 is 4.90 Å². The topological polar surface area (TPSA) is 64.3 Å². The summed E-state index contributed by atoms with van der Waals surface area (Å²) in [7, 11) is 0. The third kappa shape index (κ3) is 2.76. The fourth-order valence-corrected chi connectivity index (χ4v) is 2.55. The van der Waals surface area contributed by atoms with Gasteiger partial charge in [-0.05, 0) is 32.4 Å². The lowest BCUT2D eigenvalue weighted by atomic mass is 10.0. The van der Waals surface area contributed by atoms with Gasteiger partial charge in [-0.3, -0.25) is 0 Å². The molecule has 1 aliphatic rings. The molecule has 6 nitrogen and oxygen atoms in total. The molecule has 0 aromatic carbocycles. The second kappa shape index (κ2) is 5.44. The number of morpholine rings is 1. The molecule has 0 radical (unpaired) electrons. The average Bonchev–Trinajstić information content (AvgIpc) is 2.94. The fraction of sp³-hybridized carbons (Fsp3) is 0.533. The van der Waals surface area contributed by atoms with Crippen LogP contribution in [0.5, 0.6) is 0 Å². The zero-order valence-electron chi connectivity index (χ0n) is 12.7. The number of nitrogens with zero attached hydrogens (tertiary/aromatic N) is 4. The van der Waals surface area contributed by atoms with Gasteiger partial charge in [0.05, 0.1) is 17.8 Å². The van der Waals surface area contributed by atoms with E-state index in [1.54, 1.807) is 6.20 Å². The first-order valence-electron chi connectivity index (χ1n) is 7.26. The smallest absolute Gasteiger partial charge is 0.261 e. The van der Waals surface area contributed by atoms with E-state index in [0.717, 1.165) is 30.9 Å². The Kier molecular flexibility index (Phi) is 3.63. The molecule has 1 atom stereocenters. The summed E-state index contributed by atoms with van der Waals surface area (Å²) in [5.74, 6) is 2.02. The summed E-state index contributed by atoms with van der Waals surface area (Å²) in [6, 6.07) is 3.85. The van der Waals surface area contributed by atoms with Crippen molar-refractivity contribution in [2.75, 3.05) is 24.6 Å². The van der Waals surface area contributed by atoms with Crippen molar-refractivity contribution in [3.8, 4) is 11.5 Å². The van der Waals surface area contributed by atoms with Gasteiger partial charge in [0.1, 0.15) is 5.82 Å². The summed E-state index contributed by atoms with van der Waals surface area (Å²) >= 11 is 0. The summed E-state index contributed by atoms with van der Waals surface area (Å²) in [6.45, 7) is 8.41. The van der Waals surface area contributed by atoms with Crippen LogP contribution in [0.1, 0.15) is 26.1 Å². The summed E-state index contributed by atoms with van der Waals surface area (Å²) in [5, 5.41) is 3.87. The van der Waals surface area contributed by atoms with Crippen molar-refractivity contribution in [1.29, 1.82) is 0 Å². The molecule has 2 aromatic heterocycles. The first-order valence-corrected chi connectivity index (χ1v) is 7.26. The van der Waals surface area contributed by atoms with E-state index in [-0.39, 0.29) is 5.60 Å². The highest BCUT2D eigenvalue weighted by Crippen LogP contribution is 2.31. The summed E-state index contributed by atoms with van der Waals surface area (Å²) in [4.78, 5) is 11.1. The Balaban J connectivity index is 1.95. The highest BCUT2D eigenvalue weighted by atomic mass is 16.5. The monoisotopic (exact) mass is 288 g/mol. The van der Waals surface area contributed by atoms with Gasteiger partial charge >= 0.3 is 0 Å². The molecular formula is C15H20N4O2. The molecule has 0 amide bonds. The molecule has 0 bridgehead atoms. The largest absolute Gasteiger partial charge is 0.372 e. The average molecular weight is 288 g/mol. The zero-order valence-corrected chi connectivity index (χ0v) is 12.7. The zero-order chi connectivity index (χ0) is 14.9. The SMILES string of the molecule is CCC1(C)CN(c2ncccc2-c2nc(C)no2)CCO1. The lowest BCUT2D eigenvalue weighted by Gasteiger charge is -2.41. The highest BCUT2D eigenvalue weighted by Gasteiger charge is 2.32. The van der Waals surface area contributed by atoms with Gasteiger partial charge in [-0.1, -0.05) is 12.1 Å². The molecule has 2 aromatic rings. The van der Waals surface area contributed by atoms with Crippen LogP contribution in [0, 0.1) is 6.92 Å². The number of rotatable bonds is 3. The second-order valence-electron chi connectivity index (χ2n) is 5.59. The van der Waals surface area contributed by atoms with Gasteiger partial charge in [0.2, 0.25) is 0 Å². The Bertz CT molecular complexity index is 628. The van der Waals surface area contributed by atoms with Crippen molar-refractivity contribution < 1.29 is 9.26 Å². The maximum Gasteiger partial charge on any atom is 0.261 e. The highest BCUT2D eigenvalue weighted by molar-refractivity contribution is 5.69. The minimum Gasteiger partial charge on any atom is -0.372 e. The lowest BCUT2D eigenvalue weighted by Crippen LogP contribution is -2.50. The van der Waals surface area contributed by atoms with E-state index in [1.807, 2.05) is 19.1 Å². The van der Waals surface area contributed by atoms with Crippen LogP contribution in [0.3, 0.4) is 0 Å². The van der Waals surface area contributed by atoms with Crippen LogP contribution in [0.15, 0.2) is 22.9 Å². The molecule has 0 spiro atoms. The third-order valence-corrected chi connectivity index (χ3v) is 3.93. The molecule has 112 valence electrons. The first kappa shape index (κ1) is 14.0. The van der Waals surface area contributed by atoms with Crippen molar-refractivity contribution in [1.82, 2.24) is 15.1 Å². The van der Waals surface area contributed by atoms with Gasteiger partial charge < -0.3 is 14.2 Å². The molecule has 0 saturated carbocycles. The van der Waals surface area contributed by atoms with Crippen LogP contribution in [0.4, 0.5) is 5.82 Å². The van der Waals surface area contributed by atoms with Crippen LogP contribution >= 0.6 is 0 Å². The predicted molar refractivity (Wildman–Crippen MR) is 79.1 cm³/mol. The molecule has 1 aliphatic heterocycles. The van der Waals surface area contributed by atoms with Gasteiger partial charge in [0.15, 0.2) is 5.82 Å². The summed E-state index contributed by atoms with van der Waals surface area (Å²) < 4.78 is 11.2. The van der Waals surface area contributed by atoms with Crippen LogP contribution in [-0.2, 0) is 4.74 Å². The van der Waals surface area contributed by atoms with Crippen LogP contribution in [-0.4, -0.2) is 40.4 Å². The molecule has 1 unspecified atom stereocenters. The Morgan fingerprint density at radius 2 is 2.29 bits per heavy atom. The number of hydrogen-bond donors (Lipinski definition) is 0. The lowest BCUT2D eigenvalue weighted by molar-refractivity contribution is -0.0442. The van der Waals surface area contributed by atoms with Crippen molar-refractivity contribution in [2.45, 2.75) is 32.8 Å². The molecule has 1 saturated heterocycles. The molecule has 0 aliphatic carbocycles. The minimum atomic E-state index is -0.141. The Morgan fingerprint density at radius 3 is 3.00 bits per heavy atom. The van der Waals surface area contributed by atoms with Gasteiger partial charge in [-0.15, -0.1) is 0 Å². The molecule has 6 heteroatoms. The van der Waals surface area contributed by atoms with Crippen molar-refractivity contribution in [2.24, 2.45) is 0 Å². The number of aromatic nitrogens is 3.